The molecule has 0 unspecified atom stereocenters. The maximum Gasteiger partial charge on any atom is 0.195 e. The Hall–Kier alpha value is -3.11. The number of hydrogen-bond donors (Lipinski definition) is 1. The molecule has 3 aromatic carbocycles. The average molecular weight is 360 g/mol. The van der Waals surface area contributed by atoms with Crippen molar-refractivity contribution < 1.29 is 14.6 Å². The van der Waals surface area contributed by atoms with Gasteiger partial charge in [0, 0.05) is 26.1 Å². The van der Waals surface area contributed by atoms with Gasteiger partial charge >= 0.3 is 0 Å². The fraction of sp³-hybridized carbons (Fsp3) is 0.0455. The molecule has 4 heteroatoms. The van der Waals surface area contributed by atoms with E-state index in [2.05, 4.69) is 0 Å². The van der Waals surface area contributed by atoms with Gasteiger partial charge in [0.05, 0.1) is 7.11 Å². The lowest BCUT2D eigenvalue weighted by Crippen LogP contribution is -2.01. The summed E-state index contributed by atoms with van der Waals surface area (Å²) < 4.78 is 6.11. The second kappa shape index (κ2) is 6.65. The number of carbonyl (C=O) groups excluding carboxylic acids is 1. The van der Waals surface area contributed by atoms with Crippen molar-refractivity contribution in [2.24, 2.45) is 0 Å². The smallest absolute Gasteiger partial charge is 0.195 e. The molecule has 0 saturated carbocycles. The van der Waals surface area contributed by atoms with E-state index in [9.17, 15) is 9.90 Å². The van der Waals surface area contributed by atoms with Crippen LogP contribution in [0.1, 0.15) is 15.9 Å². The van der Waals surface area contributed by atoms with Crippen LogP contribution in [0.3, 0.4) is 0 Å². The molecule has 0 amide bonds. The minimum absolute atomic E-state index is 0.0200. The Kier molecular flexibility index (Phi) is 4.19. The predicted molar refractivity (Wildman–Crippen MR) is 105 cm³/mol. The Balaban J connectivity index is 1.95. The first-order valence-corrected chi connectivity index (χ1v) is 8.98. The summed E-state index contributed by atoms with van der Waals surface area (Å²) in [6.07, 6.45) is 0. The summed E-state index contributed by atoms with van der Waals surface area (Å²) in [4.78, 5) is 14.1. The normalized spacial score (nSPS) is 10.8. The molecule has 3 nitrogen and oxygen atoms in total. The fourth-order valence-corrected chi connectivity index (χ4v) is 4.23. The van der Waals surface area contributed by atoms with Crippen LogP contribution in [0.25, 0.3) is 20.5 Å². The summed E-state index contributed by atoms with van der Waals surface area (Å²) in [5, 5.41) is 10.7. The van der Waals surface area contributed by atoms with Crippen molar-refractivity contribution >= 4 is 27.2 Å². The molecular weight excluding hydrogens is 344 g/mol. The number of ketones is 1. The topological polar surface area (TPSA) is 46.5 Å². The van der Waals surface area contributed by atoms with Crippen molar-refractivity contribution in [2.45, 2.75) is 0 Å². The molecule has 4 aromatic rings. The van der Waals surface area contributed by atoms with Crippen LogP contribution in [0.2, 0.25) is 0 Å². The monoisotopic (exact) mass is 360 g/mol. The van der Waals surface area contributed by atoms with E-state index < -0.39 is 0 Å². The van der Waals surface area contributed by atoms with Crippen LogP contribution in [0.5, 0.6) is 11.5 Å². The number of benzene rings is 3. The Morgan fingerprint density at radius 3 is 2.38 bits per heavy atom. The number of carbonyl (C=O) groups is 1. The molecule has 0 fully saturated rings. The molecule has 1 aromatic heterocycles. The maximum atomic E-state index is 13.2. The van der Waals surface area contributed by atoms with Gasteiger partial charge in [-0.1, -0.05) is 30.3 Å². The third-order valence-corrected chi connectivity index (χ3v) is 5.49. The first-order valence-electron chi connectivity index (χ1n) is 8.17. The highest BCUT2D eigenvalue weighted by molar-refractivity contribution is 7.22. The zero-order valence-corrected chi connectivity index (χ0v) is 14.9. The number of ether oxygens (including phenoxy) is 1. The van der Waals surface area contributed by atoms with Gasteiger partial charge in [0.1, 0.15) is 11.5 Å². The average Bonchev–Trinajstić information content (AvgIpc) is 3.06. The van der Waals surface area contributed by atoms with Gasteiger partial charge in [0.15, 0.2) is 5.78 Å². The predicted octanol–water partition coefficient (Wildman–Crippen LogP) is 5.51. The lowest BCUT2D eigenvalue weighted by molar-refractivity contribution is 0.104. The van der Waals surface area contributed by atoms with E-state index in [1.807, 2.05) is 60.7 Å². The number of phenols is 1. The summed E-state index contributed by atoms with van der Waals surface area (Å²) in [5.74, 6) is 0.940. The van der Waals surface area contributed by atoms with Crippen LogP contribution < -0.4 is 4.74 Å². The van der Waals surface area contributed by atoms with Gasteiger partial charge in [-0.3, -0.25) is 4.79 Å². The molecule has 0 atom stereocenters. The number of phenolic OH excluding ortho intramolecular Hbond substituents is 1. The van der Waals surface area contributed by atoms with Crippen molar-refractivity contribution in [3.05, 3.63) is 83.9 Å². The highest BCUT2D eigenvalue weighted by atomic mass is 32.1. The van der Waals surface area contributed by atoms with Crippen LogP contribution in [0.4, 0.5) is 0 Å². The minimum atomic E-state index is -0.0200. The van der Waals surface area contributed by atoms with Crippen molar-refractivity contribution in [2.75, 3.05) is 7.11 Å². The minimum Gasteiger partial charge on any atom is -0.508 e. The van der Waals surface area contributed by atoms with Crippen LogP contribution in [0, 0.1) is 0 Å². The molecule has 0 aliphatic carbocycles. The van der Waals surface area contributed by atoms with E-state index in [1.165, 1.54) is 11.3 Å². The summed E-state index contributed by atoms with van der Waals surface area (Å²) in [6.45, 7) is 0. The largest absolute Gasteiger partial charge is 0.508 e. The van der Waals surface area contributed by atoms with Gasteiger partial charge in [-0.25, -0.2) is 0 Å². The van der Waals surface area contributed by atoms with Crippen molar-refractivity contribution in [1.82, 2.24) is 0 Å². The zero-order valence-electron chi connectivity index (χ0n) is 14.1. The highest BCUT2D eigenvalue weighted by Crippen LogP contribution is 2.41. The molecule has 0 saturated heterocycles. The summed E-state index contributed by atoms with van der Waals surface area (Å²) in [6, 6.07) is 22.1. The molecule has 0 spiro atoms. The van der Waals surface area contributed by atoms with Gasteiger partial charge in [0.25, 0.3) is 0 Å². The van der Waals surface area contributed by atoms with E-state index in [0.29, 0.717) is 11.1 Å². The first-order chi connectivity index (χ1) is 12.7. The van der Waals surface area contributed by atoms with E-state index in [0.717, 1.165) is 26.3 Å². The SMILES string of the molecule is COc1ccc(-c2sc3cc(O)ccc3c2C(=O)c2ccccc2)cc1. The molecule has 0 bridgehead atoms. The third-order valence-electron chi connectivity index (χ3n) is 4.29. The Morgan fingerprint density at radius 2 is 1.69 bits per heavy atom. The Morgan fingerprint density at radius 1 is 0.962 bits per heavy atom. The second-order valence-corrected chi connectivity index (χ2v) is 6.96. The Bertz CT molecular complexity index is 1080. The van der Waals surface area contributed by atoms with Crippen LogP contribution >= 0.6 is 11.3 Å². The number of aromatic hydroxyl groups is 1. The third kappa shape index (κ3) is 2.85. The lowest BCUT2D eigenvalue weighted by Gasteiger charge is -2.06. The molecule has 1 heterocycles. The molecule has 4 rings (SSSR count). The number of methoxy groups -OCH3 is 1. The fourth-order valence-electron chi connectivity index (χ4n) is 2.99. The molecule has 26 heavy (non-hydrogen) atoms. The first kappa shape index (κ1) is 16.4. The number of rotatable bonds is 4. The molecule has 1 N–H and O–H groups in total. The molecule has 0 aliphatic rings. The zero-order chi connectivity index (χ0) is 18.1. The van der Waals surface area contributed by atoms with E-state index in [-0.39, 0.29) is 11.5 Å². The molecular formula is C22H16O3S. The Labute approximate surface area is 155 Å². The van der Waals surface area contributed by atoms with Crippen LogP contribution in [0.15, 0.2) is 72.8 Å². The highest BCUT2D eigenvalue weighted by Gasteiger charge is 2.21. The number of thiophene rings is 1. The number of hydrogen-bond acceptors (Lipinski definition) is 4. The number of fused-ring (bicyclic) bond motifs is 1. The molecule has 128 valence electrons. The van der Waals surface area contributed by atoms with E-state index in [4.69, 9.17) is 4.74 Å². The van der Waals surface area contributed by atoms with Gasteiger partial charge in [-0.2, -0.15) is 0 Å². The van der Waals surface area contributed by atoms with Gasteiger partial charge < -0.3 is 9.84 Å². The summed E-state index contributed by atoms with van der Waals surface area (Å²) >= 11 is 1.51. The standard InChI is InChI=1S/C22H16O3S/c1-25-17-10-7-15(8-11-17)22-20(21(24)14-5-3-2-4-6-14)18-12-9-16(23)13-19(18)26-22/h2-13,23H,1H3. The summed E-state index contributed by atoms with van der Waals surface area (Å²) in [5.41, 5.74) is 2.27. The van der Waals surface area contributed by atoms with Gasteiger partial charge in [0.2, 0.25) is 0 Å². The van der Waals surface area contributed by atoms with Crippen molar-refractivity contribution in [3.8, 4) is 21.9 Å². The molecule has 0 radical (unpaired) electrons. The van der Waals surface area contributed by atoms with E-state index >= 15 is 0 Å². The van der Waals surface area contributed by atoms with Gasteiger partial charge in [-0.15, -0.1) is 11.3 Å². The maximum absolute atomic E-state index is 13.2. The van der Waals surface area contributed by atoms with Crippen molar-refractivity contribution in [1.29, 1.82) is 0 Å². The second-order valence-electron chi connectivity index (χ2n) is 5.91. The quantitative estimate of drug-likeness (QED) is 0.488. The summed E-state index contributed by atoms with van der Waals surface area (Å²) in [7, 11) is 1.63. The van der Waals surface area contributed by atoms with Crippen LogP contribution in [-0.4, -0.2) is 18.0 Å². The lowest BCUT2D eigenvalue weighted by atomic mass is 9.97. The van der Waals surface area contributed by atoms with Crippen LogP contribution in [-0.2, 0) is 0 Å². The van der Waals surface area contributed by atoms with Crippen molar-refractivity contribution in [3.63, 3.8) is 0 Å². The molecule has 0 aliphatic heterocycles. The van der Waals surface area contributed by atoms with Gasteiger partial charge in [-0.05, 0) is 48.0 Å². The van der Waals surface area contributed by atoms with E-state index in [1.54, 1.807) is 19.2 Å².